The maximum absolute atomic E-state index is 11.9. The van der Waals surface area contributed by atoms with Gasteiger partial charge in [0.1, 0.15) is 0 Å². The second kappa shape index (κ2) is 4.39. The van der Waals surface area contributed by atoms with Crippen molar-refractivity contribution in [3.05, 3.63) is 0 Å². The summed E-state index contributed by atoms with van der Waals surface area (Å²) in [6, 6.07) is 0.280. The normalized spacial score (nSPS) is 42.8. The van der Waals surface area contributed by atoms with Crippen molar-refractivity contribution in [2.75, 3.05) is 11.6 Å². The molecule has 0 radical (unpaired) electrons. The van der Waals surface area contributed by atoms with Gasteiger partial charge in [0.25, 0.3) is 0 Å². The van der Waals surface area contributed by atoms with Gasteiger partial charge in [-0.3, -0.25) is 0 Å². The van der Waals surface area contributed by atoms with E-state index in [0.717, 1.165) is 18.3 Å². The fourth-order valence-corrected chi connectivity index (χ4v) is 5.76. The highest BCUT2D eigenvalue weighted by Crippen LogP contribution is 2.65. The van der Waals surface area contributed by atoms with Gasteiger partial charge in [0.15, 0.2) is 0 Å². The summed E-state index contributed by atoms with van der Waals surface area (Å²) in [5.74, 6) is 3.79. The molecule has 0 amide bonds. The van der Waals surface area contributed by atoms with Crippen LogP contribution in [-0.4, -0.2) is 26.1 Å². The van der Waals surface area contributed by atoms with Crippen LogP contribution in [0.4, 0.5) is 0 Å². The van der Waals surface area contributed by atoms with Crippen LogP contribution in [0.5, 0.6) is 0 Å². The number of unbranched alkanes of at least 4 members (excludes halogenated alkanes) is 1. The Kier molecular flexibility index (Phi) is 3.16. The maximum Gasteiger partial charge on any atom is 0.211 e. The minimum Gasteiger partial charge on any atom is -0.212 e. The van der Waals surface area contributed by atoms with Crippen LogP contribution in [0.15, 0.2) is 0 Å². The predicted molar refractivity (Wildman–Crippen MR) is 68.5 cm³/mol. The van der Waals surface area contributed by atoms with Gasteiger partial charge >= 0.3 is 0 Å². The molecule has 4 atom stereocenters. The number of alkyl halides is 1. The Hall–Kier alpha value is 0.200. The van der Waals surface area contributed by atoms with Gasteiger partial charge in [-0.25, -0.2) is 13.1 Å². The molecule has 0 aromatic rings. The van der Waals surface area contributed by atoms with Crippen LogP contribution in [0, 0.1) is 23.7 Å². The number of rotatable bonds is 6. The summed E-state index contributed by atoms with van der Waals surface area (Å²) in [6.45, 7) is 0. The summed E-state index contributed by atoms with van der Waals surface area (Å²) in [5.41, 5.74) is 0. The van der Waals surface area contributed by atoms with E-state index in [4.69, 9.17) is 11.6 Å². The number of fused-ring (bicyclic) bond motifs is 5. The zero-order valence-corrected chi connectivity index (χ0v) is 11.5. The van der Waals surface area contributed by atoms with Gasteiger partial charge in [0.05, 0.1) is 5.75 Å². The van der Waals surface area contributed by atoms with Crippen molar-refractivity contribution in [2.24, 2.45) is 23.7 Å². The van der Waals surface area contributed by atoms with Crippen molar-refractivity contribution in [1.82, 2.24) is 4.72 Å². The van der Waals surface area contributed by atoms with Crippen molar-refractivity contribution in [3.8, 4) is 0 Å². The molecular formula is C12H20ClNO2S. The quantitative estimate of drug-likeness (QED) is 0.596. The van der Waals surface area contributed by atoms with Crippen LogP contribution < -0.4 is 4.72 Å². The molecule has 0 heterocycles. The monoisotopic (exact) mass is 277 g/mol. The van der Waals surface area contributed by atoms with E-state index in [1.165, 1.54) is 19.3 Å². The Morgan fingerprint density at radius 1 is 1.12 bits per heavy atom. The molecule has 0 spiro atoms. The van der Waals surface area contributed by atoms with Crippen LogP contribution in [0.25, 0.3) is 0 Å². The Labute approximate surface area is 108 Å². The van der Waals surface area contributed by atoms with Crippen LogP contribution in [-0.2, 0) is 10.0 Å². The minimum absolute atomic E-state index is 0.241. The van der Waals surface area contributed by atoms with Crippen molar-refractivity contribution in [3.63, 3.8) is 0 Å². The molecule has 3 saturated carbocycles. The number of hydrogen-bond donors (Lipinski definition) is 1. The molecular weight excluding hydrogens is 258 g/mol. The largest absolute Gasteiger partial charge is 0.212 e. The maximum atomic E-state index is 11.9. The second-order valence-corrected chi connectivity index (χ2v) is 8.10. The van der Waals surface area contributed by atoms with E-state index in [1.54, 1.807) is 0 Å². The van der Waals surface area contributed by atoms with E-state index in [0.29, 0.717) is 24.1 Å². The molecule has 0 saturated heterocycles. The first-order valence-corrected chi connectivity index (χ1v) is 8.87. The van der Waals surface area contributed by atoms with E-state index < -0.39 is 10.0 Å². The smallest absolute Gasteiger partial charge is 0.211 e. The third-order valence-corrected chi connectivity index (χ3v) is 6.57. The van der Waals surface area contributed by atoms with E-state index in [9.17, 15) is 8.42 Å². The predicted octanol–water partition coefficient (Wildman–Crippen LogP) is 1.97. The summed E-state index contributed by atoms with van der Waals surface area (Å²) < 4.78 is 26.7. The topological polar surface area (TPSA) is 46.2 Å². The number of nitrogens with one attached hydrogen (secondary N) is 1. The zero-order chi connectivity index (χ0) is 12.0. The molecule has 4 unspecified atom stereocenters. The average molecular weight is 278 g/mol. The summed E-state index contributed by atoms with van der Waals surface area (Å²) in [5, 5.41) is 0. The minimum atomic E-state index is -3.06. The third-order valence-electron chi connectivity index (χ3n) is 4.85. The first-order valence-electron chi connectivity index (χ1n) is 6.68. The lowest BCUT2D eigenvalue weighted by Crippen LogP contribution is -2.32. The van der Waals surface area contributed by atoms with Crippen LogP contribution in [0.1, 0.15) is 32.1 Å². The lowest BCUT2D eigenvalue weighted by atomic mass is 10.0. The third kappa shape index (κ3) is 2.24. The lowest BCUT2D eigenvalue weighted by Gasteiger charge is -2.10. The van der Waals surface area contributed by atoms with E-state index in [1.807, 2.05) is 0 Å². The van der Waals surface area contributed by atoms with Crippen LogP contribution in [0.2, 0.25) is 0 Å². The Morgan fingerprint density at radius 3 is 2.35 bits per heavy atom. The van der Waals surface area contributed by atoms with Gasteiger partial charge in [0, 0.05) is 11.9 Å². The molecule has 3 fully saturated rings. The van der Waals surface area contributed by atoms with E-state index >= 15 is 0 Å². The molecule has 3 aliphatic carbocycles. The summed E-state index contributed by atoms with van der Waals surface area (Å²) in [6.07, 6.45) is 5.48. The molecule has 1 N–H and O–H groups in total. The highest BCUT2D eigenvalue weighted by Gasteiger charge is 2.65. The standard InChI is InChI=1S/C12H20ClNO2S/c13-5-1-2-6-17(15,16)14-12-10-8-3-4-9(7-8)11(10)12/h8-12,14H,1-7H2. The van der Waals surface area contributed by atoms with Crippen molar-refractivity contribution >= 4 is 21.6 Å². The molecule has 5 heteroatoms. The SMILES string of the molecule is O=S(=O)(CCCCCl)NC1C2C3CCC(C3)C12. The molecule has 98 valence electrons. The molecule has 3 nitrogen and oxygen atoms in total. The molecule has 3 aliphatic rings. The molecule has 2 bridgehead atoms. The highest BCUT2D eigenvalue weighted by atomic mass is 35.5. The molecule has 0 aliphatic heterocycles. The average Bonchev–Trinajstić information content (AvgIpc) is 2.70. The van der Waals surface area contributed by atoms with Gasteiger partial charge in [-0.2, -0.15) is 0 Å². The van der Waals surface area contributed by atoms with Gasteiger partial charge in [-0.15, -0.1) is 11.6 Å². The highest BCUT2D eigenvalue weighted by molar-refractivity contribution is 7.89. The van der Waals surface area contributed by atoms with Crippen LogP contribution in [0.3, 0.4) is 0 Å². The molecule has 0 aromatic carbocycles. The number of sulfonamides is 1. The van der Waals surface area contributed by atoms with E-state index in [-0.39, 0.29) is 11.8 Å². The molecule has 17 heavy (non-hydrogen) atoms. The lowest BCUT2D eigenvalue weighted by molar-refractivity contribution is 0.456. The molecule has 3 rings (SSSR count). The van der Waals surface area contributed by atoms with Gasteiger partial charge < -0.3 is 0 Å². The summed E-state index contributed by atoms with van der Waals surface area (Å²) in [4.78, 5) is 0. The Balaban J connectivity index is 1.52. The fourth-order valence-electron chi connectivity index (χ4n) is 4.14. The summed E-state index contributed by atoms with van der Waals surface area (Å²) in [7, 11) is -3.06. The van der Waals surface area contributed by atoms with Gasteiger partial charge in [-0.05, 0) is 55.8 Å². The van der Waals surface area contributed by atoms with Crippen molar-refractivity contribution in [2.45, 2.75) is 38.1 Å². The van der Waals surface area contributed by atoms with Gasteiger partial charge in [-0.1, -0.05) is 0 Å². The van der Waals surface area contributed by atoms with E-state index in [2.05, 4.69) is 4.72 Å². The van der Waals surface area contributed by atoms with Crippen molar-refractivity contribution in [1.29, 1.82) is 0 Å². The summed E-state index contributed by atoms with van der Waals surface area (Å²) >= 11 is 5.56. The number of hydrogen-bond acceptors (Lipinski definition) is 2. The van der Waals surface area contributed by atoms with Crippen LogP contribution >= 0.6 is 11.6 Å². The zero-order valence-electron chi connectivity index (χ0n) is 9.94. The van der Waals surface area contributed by atoms with Crippen molar-refractivity contribution < 1.29 is 8.42 Å². The first-order chi connectivity index (χ1) is 8.12. The first kappa shape index (κ1) is 12.2. The van der Waals surface area contributed by atoms with Gasteiger partial charge in [0.2, 0.25) is 10.0 Å². The fraction of sp³-hybridized carbons (Fsp3) is 1.00. The number of halogens is 1. The second-order valence-electron chi connectivity index (χ2n) is 5.85. The Morgan fingerprint density at radius 2 is 1.76 bits per heavy atom. The Bertz CT molecular complexity index is 381. The molecule has 0 aromatic heterocycles.